The van der Waals surface area contributed by atoms with Crippen LogP contribution < -0.4 is 10.3 Å². The molecule has 0 amide bonds. The maximum absolute atomic E-state index is 13.6. The lowest BCUT2D eigenvalue weighted by Crippen LogP contribution is -2.74. The zero-order chi connectivity index (χ0) is 14.1. The molecule has 2 heterocycles. The van der Waals surface area contributed by atoms with Crippen molar-refractivity contribution in [2.45, 2.75) is 25.7 Å². The Balaban J connectivity index is 1.93. The molecule has 2 aromatic rings. The van der Waals surface area contributed by atoms with Crippen LogP contribution in [-0.2, 0) is 0 Å². The predicted octanol–water partition coefficient (Wildman–Crippen LogP) is 2.18. The highest BCUT2D eigenvalue weighted by Crippen LogP contribution is 2.30. The standard InChI is InChI=1S/C13H12F3N3S/c14-7-6-8-12(11(16)10(7)15)19-13(20-8)18-9-4-2-1-3-5-17-9/h6H,1-5H2,(H,17,18,19)/p+1. The van der Waals surface area contributed by atoms with Gasteiger partial charge in [-0.25, -0.2) is 18.5 Å². The Morgan fingerprint density at radius 3 is 2.85 bits per heavy atom. The van der Waals surface area contributed by atoms with Crippen molar-refractivity contribution in [2.24, 2.45) is 0 Å². The molecule has 1 aromatic carbocycles. The summed E-state index contributed by atoms with van der Waals surface area (Å²) in [5.74, 6) is -2.98. The van der Waals surface area contributed by atoms with Gasteiger partial charge in [-0.2, -0.15) is 4.98 Å². The Labute approximate surface area is 117 Å². The second-order valence-corrected chi connectivity index (χ2v) is 5.72. The van der Waals surface area contributed by atoms with Gasteiger partial charge >= 0.3 is 0 Å². The van der Waals surface area contributed by atoms with E-state index in [0.29, 0.717) is 5.13 Å². The van der Waals surface area contributed by atoms with E-state index in [4.69, 9.17) is 0 Å². The molecule has 106 valence electrons. The van der Waals surface area contributed by atoms with Crippen LogP contribution in [-0.4, -0.2) is 17.4 Å². The summed E-state index contributed by atoms with van der Waals surface area (Å²) < 4.78 is 40.2. The topological polar surface area (TPSA) is 38.9 Å². The highest BCUT2D eigenvalue weighted by Gasteiger charge is 2.20. The lowest BCUT2D eigenvalue weighted by atomic mass is 10.2. The number of thiazole rings is 1. The number of fused-ring (bicyclic) bond motifs is 1. The van der Waals surface area contributed by atoms with Gasteiger partial charge in [-0.05, 0) is 25.3 Å². The van der Waals surface area contributed by atoms with E-state index in [1.807, 2.05) is 0 Å². The Morgan fingerprint density at radius 2 is 2.00 bits per heavy atom. The van der Waals surface area contributed by atoms with E-state index in [2.05, 4.69) is 15.3 Å². The highest BCUT2D eigenvalue weighted by molar-refractivity contribution is 7.22. The van der Waals surface area contributed by atoms with Crippen LogP contribution in [0.3, 0.4) is 0 Å². The maximum atomic E-state index is 13.6. The summed E-state index contributed by atoms with van der Waals surface area (Å²) in [6.07, 6.45) is 4.19. The summed E-state index contributed by atoms with van der Waals surface area (Å²) in [6, 6.07) is 0.974. The van der Waals surface area contributed by atoms with Gasteiger partial charge in [0.1, 0.15) is 5.52 Å². The van der Waals surface area contributed by atoms with Crippen molar-refractivity contribution < 1.29 is 18.2 Å². The third-order valence-corrected chi connectivity index (χ3v) is 4.14. The van der Waals surface area contributed by atoms with Crippen molar-refractivity contribution in [3.63, 3.8) is 0 Å². The Bertz CT molecular complexity index is 681. The number of hydrogen-bond acceptors (Lipinski definition) is 3. The van der Waals surface area contributed by atoms with E-state index >= 15 is 0 Å². The van der Waals surface area contributed by atoms with Crippen LogP contribution in [0.2, 0.25) is 0 Å². The lowest BCUT2D eigenvalue weighted by molar-refractivity contribution is -0.457. The van der Waals surface area contributed by atoms with Gasteiger partial charge in [0.15, 0.2) is 17.5 Å². The SMILES string of the molecule is Fc1cc2sc(NC3=[NH+]CCCCC3)nc2c(F)c1F. The van der Waals surface area contributed by atoms with Gasteiger partial charge in [-0.15, -0.1) is 0 Å². The fourth-order valence-corrected chi connectivity index (χ4v) is 3.11. The number of aromatic nitrogens is 1. The summed E-state index contributed by atoms with van der Waals surface area (Å²) in [7, 11) is 0. The first-order valence-corrected chi connectivity index (χ1v) is 7.27. The van der Waals surface area contributed by atoms with Gasteiger partial charge in [-0.3, -0.25) is 4.99 Å². The predicted molar refractivity (Wildman–Crippen MR) is 72.4 cm³/mol. The minimum Gasteiger partial charge on any atom is -0.278 e. The van der Waals surface area contributed by atoms with Crippen LogP contribution in [0.4, 0.5) is 18.3 Å². The molecule has 0 radical (unpaired) electrons. The van der Waals surface area contributed by atoms with Gasteiger partial charge in [0.2, 0.25) is 5.84 Å². The molecule has 1 aliphatic rings. The summed E-state index contributed by atoms with van der Waals surface area (Å²) >= 11 is 1.11. The molecular weight excluding hydrogens is 287 g/mol. The van der Waals surface area contributed by atoms with E-state index < -0.39 is 17.5 Å². The van der Waals surface area contributed by atoms with Gasteiger partial charge in [0, 0.05) is 6.42 Å². The largest absolute Gasteiger partial charge is 0.278 e. The van der Waals surface area contributed by atoms with Crippen LogP contribution in [0.5, 0.6) is 0 Å². The fraction of sp³-hybridized carbons (Fsp3) is 0.385. The minimum atomic E-state index is -1.48. The van der Waals surface area contributed by atoms with Crippen LogP contribution in [0.1, 0.15) is 25.7 Å². The first-order valence-electron chi connectivity index (χ1n) is 6.46. The molecule has 0 fully saturated rings. The molecule has 2 N–H and O–H groups in total. The molecule has 20 heavy (non-hydrogen) atoms. The van der Waals surface area contributed by atoms with Gasteiger partial charge < -0.3 is 0 Å². The van der Waals surface area contributed by atoms with Crippen molar-refractivity contribution in [3.05, 3.63) is 23.5 Å². The van der Waals surface area contributed by atoms with Gasteiger partial charge in [0.05, 0.1) is 11.2 Å². The molecular formula is C13H13F3N3S+. The summed E-state index contributed by atoms with van der Waals surface area (Å²) in [5.41, 5.74) is -0.134. The van der Waals surface area contributed by atoms with Crippen LogP contribution >= 0.6 is 11.3 Å². The van der Waals surface area contributed by atoms with E-state index in [9.17, 15) is 13.2 Å². The average molecular weight is 300 g/mol. The average Bonchev–Trinajstić information content (AvgIpc) is 2.65. The van der Waals surface area contributed by atoms with E-state index in [1.165, 1.54) is 0 Å². The van der Waals surface area contributed by atoms with Crippen molar-refractivity contribution in [2.75, 3.05) is 11.9 Å². The van der Waals surface area contributed by atoms with E-state index in [1.54, 1.807) is 0 Å². The molecule has 0 aliphatic carbocycles. The Morgan fingerprint density at radius 1 is 1.15 bits per heavy atom. The summed E-state index contributed by atoms with van der Waals surface area (Å²) in [5, 5.41) is 3.52. The van der Waals surface area contributed by atoms with Crippen LogP contribution in [0.15, 0.2) is 6.07 Å². The quantitative estimate of drug-likeness (QED) is 0.792. The molecule has 1 aromatic heterocycles. The van der Waals surface area contributed by atoms with Gasteiger partial charge in [-0.1, -0.05) is 11.3 Å². The first-order chi connectivity index (χ1) is 9.65. The minimum absolute atomic E-state index is 0.134. The summed E-state index contributed by atoms with van der Waals surface area (Å²) in [4.78, 5) is 7.25. The third-order valence-electron chi connectivity index (χ3n) is 3.22. The molecule has 0 unspecified atom stereocenters. The first kappa shape index (κ1) is 13.4. The van der Waals surface area contributed by atoms with Crippen LogP contribution in [0, 0.1) is 17.5 Å². The number of halogens is 3. The monoisotopic (exact) mass is 300 g/mol. The van der Waals surface area contributed by atoms with E-state index in [-0.39, 0.29) is 10.2 Å². The molecule has 0 saturated heterocycles. The second-order valence-electron chi connectivity index (χ2n) is 4.69. The highest BCUT2D eigenvalue weighted by atomic mass is 32.1. The number of amidine groups is 1. The smallest absolute Gasteiger partial charge is 0.277 e. The molecule has 1 aliphatic heterocycles. The lowest BCUT2D eigenvalue weighted by Gasteiger charge is -1.95. The van der Waals surface area contributed by atoms with Gasteiger partial charge in [0.25, 0.3) is 5.13 Å². The normalized spacial score (nSPS) is 16.1. The van der Waals surface area contributed by atoms with Crippen molar-refractivity contribution in [1.82, 2.24) is 4.98 Å². The number of hydrogen-bond donors (Lipinski definition) is 2. The molecule has 0 bridgehead atoms. The van der Waals surface area contributed by atoms with Crippen molar-refractivity contribution in [3.8, 4) is 0 Å². The number of anilines is 1. The molecule has 3 nitrogen and oxygen atoms in total. The summed E-state index contributed by atoms with van der Waals surface area (Å²) in [6.45, 7) is 0.880. The third kappa shape index (κ3) is 2.49. The number of nitrogens with zero attached hydrogens (tertiary/aromatic N) is 1. The molecule has 0 saturated carbocycles. The zero-order valence-electron chi connectivity index (χ0n) is 10.6. The Hall–Kier alpha value is -1.63. The Kier molecular flexibility index (Phi) is 3.60. The maximum Gasteiger partial charge on any atom is 0.277 e. The zero-order valence-corrected chi connectivity index (χ0v) is 11.4. The fourth-order valence-electron chi connectivity index (χ4n) is 2.19. The van der Waals surface area contributed by atoms with E-state index in [0.717, 1.165) is 55.5 Å². The number of benzene rings is 1. The molecule has 3 rings (SSSR count). The number of nitrogens with one attached hydrogen (secondary N) is 2. The van der Waals surface area contributed by atoms with Crippen molar-refractivity contribution in [1.29, 1.82) is 0 Å². The van der Waals surface area contributed by atoms with Crippen molar-refractivity contribution >= 4 is 32.5 Å². The number of rotatable bonds is 1. The molecule has 7 heteroatoms. The van der Waals surface area contributed by atoms with Crippen LogP contribution in [0.25, 0.3) is 10.2 Å². The molecule has 0 atom stereocenters. The molecule has 0 spiro atoms. The second kappa shape index (κ2) is 5.40.